The number of aliphatic carboxylic acids is 1. The quantitative estimate of drug-likeness (QED) is 0.720. The molecule has 1 aromatic rings. The molecule has 1 rings (SSSR count). The lowest BCUT2D eigenvalue weighted by Gasteiger charge is -2.01. The molecule has 0 radical (unpaired) electrons. The third-order valence-electron chi connectivity index (χ3n) is 1.90. The fourth-order valence-corrected chi connectivity index (χ4v) is 1.16. The Balaban J connectivity index is 2.95. The van der Waals surface area contributed by atoms with Crippen LogP contribution in [0.4, 0.5) is 0 Å². The predicted octanol–water partition coefficient (Wildman–Crippen LogP) is 2.05. The molecule has 0 spiro atoms. The van der Waals surface area contributed by atoms with E-state index in [1.54, 1.807) is 18.2 Å². The van der Waals surface area contributed by atoms with Gasteiger partial charge in [-0.05, 0) is 35.8 Å². The minimum atomic E-state index is -0.976. The van der Waals surface area contributed by atoms with Crippen LogP contribution in [-0.4, -0.2) is 16.2 Å². The molecule has 3 heteroatoms. The zero-order valence-corrected chi connectivity index (χ0v) is 7.90. The van der Waals surface area contributed by atoms with Crippen molar-refractivity contribution >= 4 is 12.0 Å². The topological polar surface area (TPSA) is 57.5 Å². The second kappa shape index (κ2) is 4.46. The molecule has 0 aromatic heterocycles. The maximum Gasteiger partial charge on any atom is 0.328 e. The van der Waals surface area contributed by atoms with E-state index in [2.05, 4.69) is 0 Å². The van der Waals surface area contributed by atoms with Crippen molar-refractivity contribution in [2.75, 3.05) is 0 Å². The Morgan fingerprint density at radius 2 is 2.21 bits per heavy atom. The molecule has 14 heavy (non-hydrogen) atoms. The number of hydrogen-bond acceptors (Lipinski definition) is 2. The lowest BCUT2D eigenvalue weighted by Crippen LogP contribution is -1.87. The summed E-state index contributed by atoms with van der Waals surface area (Å²) < 4.78 is 0. The van der Waals surface area contributed by atoms with E-state index in [0.29, 0.717) is 0 Å². The van der Waals surface area contributed by atoms with Gasteiger partial charge in [-0.15, -0.1) is 0 Å². The van der Waals surface area contributed by atoms with Gasteiger partial charge >= 0.3 is 5.97 Å². The van der Waals surface area contributed by atoms with Crippen LogP contribution in [0.2, 0.25) is 0 Å². The highest BCUT2D eigenvalue weighted by molar-refractivity contribution is 5.85. The fourth-order valence-electron chi connectivity index (χ4n) is 1.16. The van der Waals surface area contributed by atoms with Crippen molar-refractivity contribution in [1.29, 1.82) is 0 Å². The first-order chi connectivity index (χ1) is 6.63. The molecular formula is C11H12O3. The zero-order valence-electron chi connectivity index (χ0n) is 7.90. The van der Waals surface area contributed by atoms with Crippen molar-refractivity contribution in [3.05, 3.63) is 35.4 Å². The Labute approximate surface area is 82.3 Å². The van der Waals surface area contributed by atoms with Crippen molar-refractivity contribution in [3.63, 3.8) is 0 Å². The maximum absolute atomic E-state index is 10.3. The number of rotatable bonds is 3. The molecule has 0 aliphatic rings. The molecule has 0 fully saturated rings. The van der Waals surface area contributed by atoms with Gasteiger partial charge in [0.15, 0.2) is 0 Å². The number of aromatic hydroxyl groups is 1. The van der Waals surface area contributed by atoms with E-state index in [1.165, 1.54) is 6.08 Å². The first-order valence-corrected chi connectivity index (χ1v) is 4.36. The molecule has 0 saturated heterocycles. The molecule has 3 nitrogen and oxygen atoms in total. The van der Waals surface area contributed by atoms with Crippen molar-refractivity contribution in [2.45, 2.75) is 13.3 Å². The Hall–Kier alpha value is -1.77. The second-order valence-electron chi connectivity index (χ2n) is 2.91. The molecule has 0 amide bonds. The predicted molar refractivity (Wildman–Crippen MR) is 54.2 cm³/mol. The SMILES string of the molecule is CCc1cc(/C=C/C(=O)O)ccc1O. The lowest BCUT2D eigenvalue weighted by atomic mass is 10.1. The van der Waals surface area contributed by atoms with Gasteiger partial charge in [-0.1, -0.05) is 13.0 Å². The Bertz CT molecular complexity index is 367. The molecule has 0 heterocycles. The number of phenols is 1. The number of carbonyl (C=O) groups is 1. The van der Waals surface area contributed by atoms with Crippen LogP contribution in [0.15, 0.2) is 24.3 Å². The van der Waals surface area contributed by atoms with E-state index in [4.69, 9.17) is 5.11 Å². The van der Waals surface area contributed by atoms with Crippen LogP contribution in [0, 0.1) is 0 Å². The molecule has 0 atom stereocenters. The van der Waals surface area contributed by atoms with Gasteiger partial charge in [0.1, 0.15) is 5.75 Å². The van der Waals surface area contributed by atoms with Gasteiger partial charge in [-0.3, -0.25) is 0 Å². The number of benzene rings is 1. The highest BCUT2D eigenvalue weighted by atomic mass is 16.4. The Kier molecular flexibility index (Phi) is 3.29. The largest absolute Gasteiger partial charge is 0.508 e. The number of hydrogen-bond donors (Lipinski definition) is 2. The van der Waals surface area contributed by atoms with Crippen LogP contribution in [0.25, 0.3) is 6.08 Å². The van der Waals surface area contributed by atoms with Gasteiger partial charge in [0.05, 0.1) is 0 Å². The maximum atomic E-state index is 10.3. The summed E-state index contributed by atoms with van der Waals surface area (Å²) in [6.45, 7) is 1.93. The van der Waals surface area contributed by atoms with Crippen LogP contribution in [0.3, 0.4) is 0 Å². The standard InChI is InChI=1S/C11H12O3/c1-2-9-7-8(3-5-10(9)12)4-6-11(13)14/h3-7,12H,2H2,1H3,(H,13,14)/b6-4+. The minimum absolute atomic E-state index is 0.250. The lowest BCUT2D eigenvalue weighted by molar-refractivity contribution is -0.131. The van der Waals surface area contributed by atoms with E-state index < -0.39 is 5.97 Å². The third-order valence-corrected chi connectivity index (χ3v) is 1.90. The molecule has 2 N–H and O–H groups in total. The van der Waals surface area contributed by atoms with Gasteiger partial charge in [0, 0.05) is 6.08 Å². The summed E-state index contributed by atoms with van der Waals surface area (Å²) >= 11 is 0. The third kappa shape index (κ3) is 2.62. The molecule has 0 aliphatic heterocycles. The van der Waals surface area contributed by atoms with Crippen molar-refractivity contribution in [1.82, 2.24) is 0 Å². The summed E-state index contributed by atoms with van der Waals surface area (Å²) in [5.74, 6) is -0.726. The fraction of sp³-hybridized carbons (Fsp3) is 0.182. The van der Waals surface area contributed by atoms with Gasteiger partial charge in [0.25, 0.3) is 0 Å². The molecule has 74 valence electrons. The summed E-state index contributed by atoms with van der Waals surface area (Å²) in [7, 11) is 0. The zero-order chi connectivity index (χ0) is 10.6. The Morgan fingerprint density at radius 1 is 1.50 bits per heavy atom. The van der Waals surface area contributed by atoms with Crippen LogP contribution in [0.5, 0.6) is 5.75 Å². The van der Waals surface area contributed by atoms with E-state index in [0.717, 1.165) is 23.6 Å². The first kappa shape index (κ1) is 10.3. The van der Waals surface area contributed by atoms with Gasteiger partial charge in [-0.2, -0.15) is 0 Å². The normalized spacial score (nSPS) is 10.6. The van der Waals surface area contributed by atoms with E-state index in [1.807, 2.05) is 6.92 Å². The number of aryl methyl sites for hydroxylation is 1. The van der Waals surface area contributed by atoms with Crippen LogP contribution in [-0.2, 0) is 11.2 Å². The van der Waals surface area contributed by atoms with E-state index in [-0.39, 0.29) is 5.75 Å². The number of carboxylic acids is 1. The highest BCUT2D eigenvalue weighted by Crippen LogP contribution is 2.19. The molecule has 0 bridgehead atoms. The monoisotopic (exact) mass is 192 g/mol. The first-order valence-electron chi connectivity index (χ1n) is 4.36. The number of phenolic OH excluding ortho intramolecular Hbond substituents is 1. The van der Waals surface area contributed by atoms with Gasteiger partial charge < -0.3 is 10.2 Å². The van der Waals surface area contributed by atoms with Crippen molar-refractivity contribution in [3.8, 4) is 5.75 Å². The smallest absolute Gasteiger partial charge is 0.328 e. The molecular weight excluding hydrogens is 180 g/mol. The molecule has 1 aromatic carbocycles. The average Bonchev–Trinajstić information content (AvgIpc) is 2.16. The molecule has 0 unspecified atom stereocenters. The summed E-state index contributed by atoms with van der Waals surface area (Å²) in [4.78, 5) is 10.3. The Morgan fingerprint density at radius 3 is 2.79 bits per heavy atom. The summed E-state index contributed by atoms with van der Waals surface area (Å²) in [6.07, 6.45) is 3.30. The van der Waals surface area contributed by atoms with E-state index >= 15 is 0 Å². The van der Waals surface area contributed by atoms with Crippen molar-refractivity contribution < 1.29 is 15.0 Å². The summed E-state index contributed by atoms with van der Waals surface area (Å²) in [5, 5.41) is 17.8. The van der Waals surface area contributed by atoms with Crippen LogP contribution >= 0.6 is 0 Å². The summed E-state index contributed by atoms with van der Waals surface area (Å²) in [5.41, 5.74) is 1.60. The average molecular weight is 192 g/mol. The molecule has 0 aliphatic carbocycles. The second-order valence-corrected chi connectivity index (χ2v) is 2.91. The van der Waals surface area contributed by atoms with E-state index in [9.17, 15) is 9.90 Å². The molecule has 0 saturated carbocycles. The van der Waals surface area contributed by atoms with Gasteiger partial charge in [0.2, 0.25) is 0 Å². The van der Waals surface area contributed by atoms with Crippen LogP contribution in [0.1, 0.15) is 18.1 Å². The van der Waals surface area contributed by atoms with Gasteiger partial charge in [-0.25, -0.2) is 4.79 Å². The summed E-state index contributed by atoms with van der Waals surface area (Å²) in [6, 6.07) is 5.02. The number of carboxylic acid groups (broad SMARTS) is 1. The van der Waals surface area contributed by atoms with Crippen LogP contribution < -0.4 is 0 Å². The van der Waals surface area contributed by atoms with Crippen molar-refractivity contribution in [2.24, 2.45) is 0 Å². The highest BCUT2D eigenvalue weighted by Gasteiger charge is 1.98. The minimum Gasteiger partial charge on any atom is -0.508 e.